The molecule has 0 spiro atoms. The van der Waals surface area contributed by atoms with Gasteiger partial charge < -0.3 is 17.2 Å². The number of anilines is 3. The average Bonchev–Trinajstić information content (AvgIpc) is 2.16. The van der Waals surface area contributed by atoms with E-state index >= 15 is 0 Å². The van der Waals surface area contributed by atoms with Gasteiger partial charge in [-0.2, -0.15) is 15.2 Å². The third kappa shape index (κ3) is 1.34. The second-order valence-electron chi connectivity index (χ2n) is 2.87. The van der Waals surface area contributed by atoms with Crippen LogP contribution in [0.2, 0.25) is 0 Å². The monoisotopic (exact) mass is 201 g/mol. The van der Waals surface area contributed by atoms with Crippen molar-refractivity contribution in [1.82, 2.24) is 15.0 Å². The van der Waals surface area contributed by atoms with E-state index in [-0.39, 0.29) is 28.8 Å². The van der Waals surface area contributed by atoms with Crippen molar-refractivity contribution in [3.8, 4) is 6.07 Å². The van der Waals surface area contributed by atoms with Gasteiger partial charge in [0.2, 0.25) is 5.95 Å². The van der Waals surface area contributed by atoms with Gasteiger partial charge in [-0.25, -0.2) is 4.98 Å². The number of pyridine rings is 1. The van der Waals surface area contributed by atoms with Crippen LogP contribution in [0.4, 0.5) is 17.6 Å². The molecule has 7 heteroatoms. The van der Waals surface area contributed by atoms with Gasteiger partial charge in [-0.3, -0.25) is 0 Å². The van der Waals surface area contributed by atoms with Crippen molar-refractivity contribution in [2.75, 3.05) is 17.2 Å². The maximum Gasteiger partial charge on any atom is 0.224 e. The Bertz CT molecular complexity index is 584. The van der Waals surface area contributed by atoms with E-state index in [9.17, 15) is 0 Å². The number of aromatic nitrogens is 3. The van der Waals surface area contributed by atoms with Gasteiger partial charge in [0.15, 0.2) is 5.65 Å². The zero-order valence-corrected chi connectivity index (χ0v) is 7.60. The molecule has 0 aromatic carbocycles. The quantitative estimate of drug-likeness (QED) is 0.528. The highest BCUT2D eigenvalue weighted by molar-refractivity contribution is 5.88. The van der Waals surface area contributed by atoms with E-state index in [1.807, 2.05) is 6.07 Å². The summed E-state index contributed by atoms with van der Waals surface area (Å²) < 4.78 is 0. The number of nitrogens with two attached hydrogens (primary N) is 3. The standard InChI is InChI=1S/C8H7N7/c9-2-3-1-4-6(11)14-8(12)15-7(4)13-5(3)10/h1H,(H6,10,11,12,13,14,15). The maximum atomic E-state index is 8.75. The fourth-order valence-corrected chi connectivity index (χ4v) is 1.20. The lowest BCUT2D eigenvalue weighted by Gasteiger charge is -2.03. The van der Waals surface area contributed by atoms with E-state index in [1.54, 1.807) is 0 Å². The molecule has 2 heterocycles. The van der Waals surface area contributed by atoms with Crippen LogP contribution in [0.1, 0.15) is 5.56 Å². The lowest BCUT2D eigenvalue weighted by Crippen LogP contribution is -2.04. The van der Waals surface area contributed by atoms with Crippen molar-refractivity contribution in [3.63, 3.8) is 0 Å². The molecular weight excluding hydrogens is 194 g/mol. The molecule has 74 valence electrons. The molecule has 0 atom stereocenters. The van der Waals surface area contributed by atoms with Gasteiger partial charge in [-0.15, -0.1) is 0 Å². The molecule has 2 aromatic rings. The summed E-state index contributed by atoms with van der Waals surface area (Å²) in [6.45, 7) is 0. The molecule has 0 amide bonds. The smallest absolute Gasteiger partial charge is 0.224 e. The van der Waals surface area contributed by atoms with E-state index in [2.05, 4.69) is 15.0 Å². The molecule has 0 bridgehead atoms. The summed E-state index contributed by atoms with van der Waals surface area (Å²) in [6.07, 6.45) is 0. The van der Waals surface area contributed by atoms with Gasteiger partial charge in [0, 0.05) is 0 Å². The van der Waals surface area contributed by atoms with Gasteiger partial charge in [0.25, 0.3) is 0 Å². The van der Waals surface area contributed by atoms with Crippen molar-refractivity contribution >= 4 is 28.6 Å². The van der Waals surface area contributed by atoms with Crippen LogP contribution < -0.4 is 17.2 Å². The molecular formula is C8H7N7. The van der Waals surface area contributed by atoms with E-state index in [0.717, 1.165) is 0 Å². The van der Waals surface area contributed by atoms with Gasteiger partial charge in [-0.05, 0) is 6.07 Å². The highest BCUT2D eigenvalue weighted by atomic mass is 15.1. The minimum atomic E-state index is 0.0246. The Hall–Kier alpha value is -2.62. The highest BCUT2D eigenvalue weighted by Crippen LogP contribution is 2.20. The highest BCUT2D eigenvalue weighted by Gasteiger charge is 2.08. The normalized spacial score (nSPS) is 10.1. The fraction of sp³-hybridized carbons (Fsp3) is 0. The number of rotatable bonds is 0. The fourth-order valence-electron chi connectivity index (χ4n) is 1.20. The van der Waals surface area contributed by atoms with Crippen LogP contribution >= 0.6 is 0 Å². The van der Waals surface area contributed by atoms with Gasteiger partial charge >= 0.3 is 0 Å². The Labute approximate surface area is 84.5 Å². The minimum absolute atomic E-state index is 0.0246. The predicted octanol–water partition coefficient (Wildman–Crippen LogP) is -0.357. The SMILES string of the molecule is N#Cc1cc2c(N)nc(N)nc2nc1N. The number of nitriles is 1. The van der Waals surface area contributed by atoms with Crippen molar-refractivity contribution in [2.24, 2.45) is 0 Å². The second kappa shape index (κ2) is 2.95. The lowest BCUT2D eigenvalue weighted by atomic mass is 10.2. The summed E-state index contributed by atoms with van der Waals surface area (Å²) in [5.41, 5.74) is 17.1. The molecule has 6 N–H and O–H groups in total. The van der Waals surface area contributed by atoms with E-state index in [0.29, 0.717) is 5.39 Å². The van der Waals surface area contributed by atoms with Crippen molar-refractivity contribution in [1.29, 1.82) is 5.26 Å². The van der Waals surface area contributed by atoms with Crippen LogP contribution in [0.15, 0.2) is 6.07 Å². The molecule has 0 radical (unpaired) electrons. The van der Waals surface area contributed by atoms with Gasteiger partial charge in [-0.1, -0.05) is 0 Å². The lowest BCUT2D eigenvalue weighted by molar-refractivity contribution is 1.20. The van der Waals surface area contributed by atoms with E-state index in [1.165, 1.54) is 6.07 Å². The second-order valence-corrected chi connectivity index (χ2v) is 2.87. The number of hydrogen-bond acceptors (Lipinski definition) is 7. The molecule has 2 rings (SSSR count). The van der Waals surface area contributed by atoms with Crippen molar-refractivity contribution < 1.29 is 0 Å². The zero-order valence-electron chi connectivity index (χ0n) is 7.60. The summed E-state index contributed by atoms with van der Waals surface area (Å²) in [4.78, 5) is 11.5. The number of nitrogens with zero attached hydrogens (tertiary/aromatic N) is 4. The Morgan fingerprint density at radius 1 is 1.07 bits per heavy atom. The summed E-state index contributed by atoms with van der Waals surface area (Å²) >= 11 is 0. The number of hydrogen-bond donors (Lipinski definition) is 3. The van der Waals surface area contributed by atoms with Crippen LogP contribution in [0.25, 0.3) is 11.0 Å². The van der Waals surface area contributed by atoms with Crippen LogP contribution in [0.5, 0.6) is 0 Å². The van der Waals surface area contributed by atoms with Crippen LogP contribution in [0.3, 0.4) is 0 Å². The molecule has 0 aliphatic carbocycles. The van der Waals surface area contributed by atoms with E-state index < -0.39 is 0 Å². The molecule has 0 aliphatic rings. The first-order chi connectivity index (χ1) is 7.11. The first-order valence-corrected chi connectivity index (χ1v) is 4.01. The van der Waals surface area contributed by atoms with Gasteiger partial charge in [0.1, 0.15) is 17.7 Å². The summed E-state index contributed by atoms with van der Waals surface area (Å²) in [7, 11) is 0. The van der Waals surface area contributed by atoms with Gasteiger partial charge in [0.05, 0.1) is 10.9 Å². The summed E-state index contributed by atoms with van der Waals surface area (Å²) in [5, 5.41) is 9.21. The Kier molecular flexibility index (Phi) is 1.76. The summed E-state index contributed by atoms with van der Waals surface area (Å²) in [6, 6.07) is 3.39. The predicted molar refractivity (Wildman–Crippen MR) is 55.3 cm³/mol. The molecule has 0 saturated carbocycles. The van der Waals surface area contributed by atoms with Crippen LogP contribution in [-0.4, -0.2) is 15.0 Å². The average molecular weight is 201 g/mol. The van der Waals surface area contributed by atoms with Crippen molar-refractivity contribution in [3.05, 3.63) is 11.6 Å². The first-order valence-electron chi connectivity index (χ1n) is 4.01. The first kappa shape index (κ1) is 8.96. The molecule has 7 nitrogen and oxygen atoms in total. The Morgan fingerprint density at radius 3 is 2.47 bits per heavy atom. The molecule has 0 unspecified atom stereocenters. The molecule has 2 aromatic heterocycles. The third-order valence-electron chi connectivity index (χ3n) is 1.88. The topological polar surface area (TPSA) is 141 Å². The molecule has 0 saturated heterocycles. The van der Waals surface area contributed by atoms with Crippen molar-refractivity contribution in [2.45, 2.75) is 0 Å². The summed E-state index contributed by atoms with van der Waals surface area (Å²) in [5.74, 6) is 0.306. The molecule has 0 aliphatic heterocycles. The third-order valence-corrected chi connectivity index (χ3v) is 1.88. The maximum absolute atomic E-state index is 8.75. The Morgan fingerprint density at radius 2 is 1.80 bits per heavy atom. The molecule has 0 fully saturated rings. The number of nitrogen functional groups attached to an aromatic ring is 3. The van der Waals surface area contributed by atoms with Crippen LogP contribution in [-0.2, 0) is 0 Å². The Balaban J connectivity index is 2.89. The largest absolute Gasteiger partial charge is 0.383 e. The van der Waals surface area contributed by atoms with Crippen LogP contribution in [0, 0.1) is 11.3 Å². The zero-order chi connectivity index (χ0) is 11.0. The van der Waals surface area contributed by atoms with E-state index in [4.69, 9.17) is 22.5 Å². The minimum Gasteiger partial charge on any atom is -0.383 e. The number of fused-ring (bicyclic) bond motifs is 1. The molecule has 15 heavy (non-hydrogen) atoms.